The maximum Gasteiger partial charge on any atom is 0.416 e. The van der Waals surface area contributed by atoms with Crippen molar-refractivity contribution >= 4 is 39.1 Å². The van der Waals surface area contributed by atoms with Gasteiger partial charge in [-0.2, -0.15) is 13.2 Å². The van der Waals surface area contributed by atoms with E-state index in [2.05, 4.69) is 90.5 Å². The molecule has 26 heteroatoms. The summed E-state index contributed by atoms with van der Waals surface area (Å²) < 4.78 is 94.9. The molecule has 12 heterocycles. The van der Waals surface area contributed by atoms with Gasteiger partial charge in [0.2, 0.25) is 0 Å². The van der Waals surface area contributed by atoms with Crippen molar-refractivity contribution in [2.75, 3.05) is 54.9 Å². The molecule has 0 saturated heterocycles. The quantitative estimate of drug-likeness (QED) is 0.0448. The van der Waals surface area contributed by atoms with Crippen LogP contribution in [0, 0.1) is 0 Å². The van der Waals surface area contributed by atoms with Crippen LogP contribution in [0.2, 0.25) is 10.0 Å². The van der Waals surface area contributed by atoms with Crippen LogP contribution < -0.4 is 18.9 Å². The Morgan fingerprint density at radius 2 is 0.634 bits per heavy atom. The van der Waals surface area contributed by atoms with Crippen LogP contribution in [0.3, 0.4) is 0 Å². The molecule has 0 unspecified atom stereocenters. The number of fused-ring (bicyclic) bond motifs is 4. The van der Waals surface area contributed by atoms with Gasteiger partial charge < -0.3 is 56.2 Å². The van der Waals surface area contributed by atoms with Crippen molar-refractivity contribution in [1.29, 1.82) is 0 Å². The number of methoxy groups -OCH3 is 4. The molecule has 20 rings (SSSR count). The van der Waals surface area contributed by atoms with Crippen molar-refractivity contribution in [3.63, 3.8) is 0 Å². The van der Waals surface area contributed by atoms with E-state index in [-0.39, 0.29) is 24.2 Å². The third-order valence-electron chi connectivity index (χ3n) is 23.8. The Labute approximate surface area is 777 Å². The highest BCUT2D eigenvalue weighted by Crippen LogP contribution is 2.47. The summed E-state index contributed by atoms with van der Waals surface area (Å²) in [6, 6.07) is 77.8. The molecule has 0 bridgehead atoms. The molecular weight excluding hydrogens is 1770 g/mol. The maximum atomic E-state index is 13.1. The highest BCUT2D eigenvalue weighted by molar-refractivity contribution is 9.10. The van der Waals surface area contributed by atoms with Gasteiger partial charge in [-0.25, -0.2) is 19.9 Å². The molecule has 4 atom stereocenters. The molecule has 0 radical (unpaired) electrons. The lowest BCUT2D eigenvalue weighted by Crippen LogP contribution is -2.13. The number of nitrogens with zero attached hydrogens (tertiary/aromatic N) is 12. The van der Waals surface area contributed by atoms with E-state index in [0.717, 1.165) is 215 Å². The van der Waals surface area contributed by atoms with Gasteiger partial charge in [0, 0.05) is 129 Å². The van der Waals surface area contributed by atoms with Crippen LogP contribution in [0.25, 0.3) is 90.1 Å². The number of rotatable bonds is 28. The Bertz CT molecular complexity index is 6280. The topological polar surface area (TPSA) is 197 Å². The summed E-state index contributed by atoms with van der Waals surface area (Å²) in [5.74, 6) is 7.54. The van der Waals surface area contributed by atoms with E-state index < -0.39 is 11.7 Å². The Morgan fingerprint density at radius 1 is 0.328 bits per heavy atom. The number of hydrogen-bond acceptors (Lipinski definition) is 16. The zero-order chi connectivity index (χ0) is 90.2. The second-order valence-electron chi connectivity index (χ2n) is 32.1. The lowest BCUT2D eigenvalue weighted by Gasteiger charge is -2.18. The van der Waals surface area contributed by atoms with Crippen LogP contribution in [0.1, 0.15) is 101 Å². The van der Waals surface area contributed by atoms with Crippen molar-refractivity contribution < 1.29 is 51.1 Å². The van der Waals surface area contributed by atoms with Gasteiger partial charge in [-0.15, -0.1) is 0 Å². The molecular formula is C105H96BrCl2F3N12O8. The van der Waals surface area contributed by atoms with E-state index in [1.54, 1.807) is 40.8 Å². The van der Waals surface area contributed by atoms with Crippen molar-refractivity contribution in [3.05, 3.63) is 358 Å². The second kappa shape index (κ2) is 42.3. The minimum Gasteiger partial charge on any atom is -0.497 e. The van der Waals surface area contributed by atoms with E-state index in [1.807, 2.05) is 219 Å². The first-order valence-corrected chi connectivity index (χ1v) is 45.0. The summed E-state index contributed by atoms with van der Waals surface area (Å²) >= 11 is 16.4. The van der Waals surface area contributed by atoms with Crippen LogP contribution in [0.5, 0.6) is 23.0 Å². The summed E-state index contributed by atoms with van der Waals surface area (Å²) in [5.41, 5.74) is 19.4. The summed E-state index contributed by atoms with van der Waals surface area (Å²) in [6.45, 7) is 4.57. The molecule has 0 saturated carbocycles. The van der Waals surface area contributed by atoms with Crippen LogP contribution in [0.4, 0.5) is 13.2 Å². The number of alkyl halides is 3. The van der Waals surface area contributed by atoms with Gasteiger partial charge in [0.05, 0.1) is 162 Å². The molecule has 0 aliphatic carbocycles. The largest absolute Gasteiger partial charge is 0.497 e. The summed E-state index contributed by atoms with van der Waals surface area (Å²) in [7, 11) is 6.66. The van der Waals surface area contributed by atoms with E-state index in [4.69, 9.17) is 81.0 Å². The predicted octanol–water partition coefficient (Wildman–Crippen LogP) is 24.4. The standard InChI is InChI=1S/C27H24F3N3O2.C26H24BrN3O2.2C26H24ClN3O2/c1-34-23-9-2-18(3-10-23)16-35-17-22-8-11-24-32-25(19-4-6-21(7-5-19)27(28,29)30)26(33(22)24)20-12-14-31-15-13-20;2*1-31-23-8-5-18(6-9-23)16-32-17-22-7-10-24-29-25(20-3-2-4-21(27)15-20)26(30(22)24)19-11-13-28-14-12-19;1-31-21-9-6-18(7-10-21)16-32-17-20-8-11-24-29-25(22-4-2-3-5-23(22)27)26(30(20)24)19-12-14-28-15-13-19/h2-7,9-10,12-15,22H,8,11,16-17H2,1H3;2*2-6,8-9,11-15,22H,7,10,16-17H2,1H3;2-7,9-10,12-15,20H,8,11,16-17H2,1H3/t3*22-;20-/m0000/s1. The molecule has 4 aliphatic heterocycles. The number of aryl methyl sites for hydroxylation is 4. The van der Waals surface area contributed by atoms with Crippen molar-refractivity contribution in [3.8, 4) is 113 Å². The lowest BCUT2D eigenvalue weighted by atomic mass is 10.0. The molecule has 16 aromatic rings. The second-order valence-corrected chi connectivity index (χ2v) is 33.9. The van der Waals surface area contributed by atoms with Crippen LogP contribution in [-0.2, 0) is 77.2 Å². The Kier molecular flexibility index (Phi) is 29.1. The molecule has 0 N–H and O–H groups in total. The van der Waals surface area contributed by atoms with Gasteiger partial charge in [0.15, 0.2) is 0 Å². The SMILES string of the molecule is COc1ccc(COC[C@@H]2CCc3nc(-c4ccc(C(F)(F)F)cc4)c(-c4ccncc4)n32)cc1.COc1ccc(COC[C@@H]2CCc3nc(-c4cccc(Br)c4)c(-c4ccncc4)n32)cc1.COc1ccc(COC[C@@H]2CCc3nc(-c4cccc(Cl)c4)c(-c4ccncc4)n32)cc1.COc1ccc(COC[C@@H]2CCc3nc(-c4ccccc4Cl)c(-c4ccncc4)n32)cc1. The highest BCUT2D eigenvalue weighted by Gasteiger charge is 2.37. The zero-order valence-corrected chi connectivity index (χ0v) is 75.8. The van der Waals surface area contributed by atoms with E-state index in [9.17, 15) is 13.2 Å². The van der Waals surface area contributed by atoms with Crippen molar-refractivity contribution in [1.82, 2.24) is 58.1 Å². The molecule has 20 nitrogen and oxygen atoms in total. The fourth-order valence-electron chi connectivity index (χ4n) is 17.3. The van der Waals surface area contributed by atoms with Crippen molar-refractivity contribution in [2.24, 2.45) is 0 Å². The highest BCUT2D eigenvalue weighted by atomic mass is 79.9. The number of imidazole rings is 4. The number of ether oxygens (including phenoxy) is 8. The van der Waals surface area contributed by atoms with Crippen LogP contribution in [-0.4, -0.2) is 113 Å². The lowest BCUT2D eigenvalue weighted by molar-refractivity contribution is -0.137. The molecule has 131 heavy (non-hydrogen) atoms. The van der Waals surface area contributed by atoms with Gasteiger partial charge in [-0.3, -0.25) is 19.9 Å². The van der Waals surface area contributed by atoms with Gasteiger partial charge >= 0.3 is 6.18 Å². The fourth-order valence-corrected chi connectivity index (χ4v) is 18.2. The summed E-state index contributed by atoms with van der Waals surface area (Å²) in [6.07, 6.45) is 17.5. The average Bonchev–Trinajstić information content (AvgIpc) is 1.62. The Hall–Kier alpha value is -12.9. The van der Waals surface area contributed by atoms with Gasteiger partial charge in [-0.05, 0) is 187 Å². The van der Waals surface area contributed by atoms with Gasteiger partial charge in [0.25, 0.3) is 0 Å². The van der Waals surface area contributed by atoms with Gasteiger partial charge in [0.1, 0.15) is 46.3 Å². The van der Waals surface area contributed by atoms with Crippen molar-refractivity contribution in [2.45, 2.75) is 108 Å². The minimum absolute atomic E-state index is 0.0714. The normalized spacial score (nSPS) is 15.1. The first-order valence-electron chi connectivity index (χ1n) is 43.5. The average molecular weight is 1860 g/mol. The zero-order valence-electron chi connectivity index (χ0n) is 72.7. The minimum atomic E-state index is -4.38. The van der Waals surface area contributed by atoms with Crippen LogP contribution >= 0.6 is 39.1 Å². The number of aromatic nitrogens is 12. The molecule has 0 spiro atoms. The third-order valence-corrected chi connectivity index (χ3v) is 24.8. The summed E-state index contributed by atoms with van der Waals surface area (Å²) in [4.78, 5) is 36.7. The van der Waals surface area contributed by atoms with E-state index in [1.165, 1.54) is 12.1 Å². The Morgan fingerprint density at radius 3 is 0.947 bits per heavy atom. The fraction of sp³-hybridized carbons (Fsp3) is 0.238. The molecule has 4 aliphatic rings. The Balaban J connectivity index is 0.000000122. The molecule has 0 fully saturated rings. The first-order chi connectivity index (χ1) is 64.1. The monoisotopic (exact) mass is 1860 g/mol. The number of halogens is 6. The first kappa shape index (κ1) is 90.0. The van der Waals surface area contributed by atoms with E-state index >= 15 is 0 Å². The molecule has 8 aromatic heterocycles. The van der Waals surface area contributed by atoms with Gasteiger partial charge in [-0.1, -0.05) is 142 Å². The smallest absolute Gasteiger partial charge is 0.416 e. The maximum absolute atomic E-state index is 13.1. The number of benzene rings is 8. The molecule has 8 aromatic carbocycles. The van der Waals surface area contributed by atoms with Crippen LogP contribution in [0.15, 0.2) is 297 Å². The number of pyridine rings is 4. The third kappa shape index (κ3) is 21.3. The summed E-state index contributed by atoms with van der Waals surface area (Å²) in [5, 5.41) is 1.41. The van der Waals surface area contributed by atoms with E-state index in [0.29, 0.717) is 74.2 Å². The molecule has 0 amide bonds. The predicted molar refractivity (Wildman–Crippen MR) is 506 cm³/mol. The number of hydrogen-bond donors (Lipinski definition) is 0. The molecule has 666 valence electrons.